The second kappa shape index (κ2) is 11.0. The molecule has 1 aromatic carbocycles. The zero-order chi connectivity index (χ0) is 18.8. The average Bonchev–Trinajstić information content (AvgIpc) is 2.55. The van der Waals surface area contributed by atoms with Crippen molar-refractivity contribution in [2.24, 2.45) is 5.92 Å². The van der Waals surface area contributed by atoms with Gasteiger partial charge in [0.25, 0.3) is 5.91 Å². The van der Waals surface area contributed by atoms with Gasteiger partial charge in [0.15, 0.2) is 6.61 Å². The average molecular weight is 387 g/mol. The number of nitrogens with one attached hydrogen (secondary N) is 2. The number of anilines is 1. The molecule has 0 bridgehead atoms. The number of esters is 1. The molecule has 1 rings (SSSR count). The minimum atomic E-state index is -0.531. The molecule has 1 atom stereocenters. The fraction of sp³-hybridized carbons (Fsp3) is 0.471. The smallest absolute Gasteiger partial charge is 0.316 e. The number of hydrogen-bond acceptors (Lipinski definition) is 5. The first kappa shape index (κ1) is 21.3. The molecule has 8 heteroatoms. The van der Waals surface area contributed by atoms with Crippen LogP contribution in [-0.4, -0.2) is 41.9 Å². The zero-order valence-electron chi connectivity index (χ0n) is 14.5. The summed E-state index contributed by atoms with van der Waals surface area (Å²) in [6.07, 6.45) is 0. The molecule has 0 radical (unpaired) electrons. The maximum atomic E-state index is 11.7. The van der Waals surface area contributed by atoms with Crippen molar-refractivity contribution in [3.63, 3.8) is 0 Å². The Balaban J connectivity index is 2.18. The van der Waals surface area contributed by atoms with E-state index in [0.29, 0.717) is 16.6 Å². The number of thioether (sulfide) groups is 1. The lowest BCUT2D eigenvalue weighted by Crippen LogP contribution is -2.38. The van der Waals surface area contributed by atoms with E-state index in [1.54, 1.807) is 24.3 Å². The van der Waals surface area contributed by atoms with Gasteiger partial charge in [-0.2, -0.15) is 0 Å². The maximum Gasteiger partial charge on any atom is 0.316 e. The van der Waals surface area contributed by atoms with Gasteiger partial charge >= 0.3 is 5.97 Å². The molecule has 2 N–H and O–H groups in total. The molecule has 0 saturated carbocycles. The summed E-state index contributed by atoms with van der Waals surface area (Å²) in [5.41, 5.74) is 0.633. The molecule has 0 spiro atoms. The number of ether oxygens (including phenoxy) is 1. The van der Waals surface area contributed by atoms with E-state index in [9.17, 15) is 14.4 Å². The number of carbonyl (C=O) groups is 3. The van der Waals surface area contributed by atoms with Gasteiger partial charge in [0.1, 0.15) is 0 Å². The topological polar surface area (TPSA) is 84.5 Å². The Morgan fingerprint density at radius 2 is 1.72 bits per heavy atom. The first-order chi connectivity index (χ1) is 11.8. The van der Waals surface area contributed by atoms with E-state index in [2.05, 4.69) is 10.6 Å². The first-order valence-corrected chi connectivity index (χ1v) is 9.39. The van der Waals surface area contributed by atoms with E-state index >= 15 is 0 Å². The molecule has 0 aliphatic heterocycles. The summed E-state index contributed by atoms with van der Waals surface area (Å²) in [5, 5.41) is 6.02. The van der Waals surface area contributed by atoms with Crippen LogP contribution in [0.1, 0.15) is 20.8 Å². The monoisotopic (exact) mass is 386 g/mol. The summed E-state index contributed by atoms with van der Waals surface area (Å²) < 4.78 is 4.88. The highest BCUT2D eigenvalue weighted by atomic mass is 35.5. The lowest BCUT2D eigenvalue weighted by Gasteiger charge is -2.17. The molecule has 0 heterocycles. The minimum Gasteiger partial charge on any atom is -0.455 e. The quantitative estimate of drug-likeness (QED) is 0.637. The van der Waals surface area contributed by atoms with Crippen LogP contribution in [0, 0.1) is 5.92 Å². The molecule has 6 nitrogen and oxygen atoms in total. The summed E-state index contributed by atoms with van der Waals surface area (Å²) in [7, 11) is 0. The van der Waals surface area contributed by atoms with Crippen LogP contribution in [-0.2, 0) is 19.1 Å². The maximum absolute atomic E-state index is 11.7. The predicted octanol–water partition coefficient (Wildman–Crippen LogP) is 2.72. The van der Waals surface area contributed by atoms with Crippen LogP contribution < -0.4 is 10.6 Å². The Kier molecular flexibility index (Phi) is 9.37. The summed E-state index contributed by atoms with van der Waals surface area (Å²) in [6, 6.07) is 6.74. The third-order valence-corrected chi connectivity index (χ3v) is 4.49. The second-order valence-electron chi connectivity index (χ2n) is 5.81. The minimum absolute atomic E-state index is 0.00104. The number of halogens is 1. The van der Waals surface area contributed by atoms with Crippen molar-refractivity contribution in [1.82, 2.24) is 5.32 Å². The number of hydrogen-bond donors (Lipinski definition) is 2. The van der Waals surface area contributed by atoms with Crippen LogP contribution in [0.15, 0.2) is 24.3 Å². The lowest BCUT2D eigenvalue weighted by atomic mass is 10.1. The zero-order valence-corrected chi connectivity index (χ0v) is 16.1. The molecule has 0 fully saturated rings. The van der Waals surface area contributed by atoms with Gasteiger partial charge in [-0.1, -0.05) is 25.4 Å². The highest BCUT2D eigenvalue weighted by Crippen LogP contribution is 2.13. The normalized spacial score (nSPS) is 11.7. The van der Waals surface area contributed by atoms with Crippen LogP contribution >= 0.6 is 23.4 Å². The van der Waals surface area contributed by atoms with Crippen molar-refractivity contribution >= 4 is 46.8 Å². The summed E-state index contributed by atoms with van der Waals surface area (Å²) in [6.45, 7) is 5.55. The van der Waals surface area contributed by atoms with Gasteiger partial charge in [-0.05, 0) is 37.1 Å². The molecular weight excluding hydrogens is 364 g/mol. The number of benzene rings is 1. The van der Waals surface area contributed by atoms with Gasteiger partial charge in [-0.15, -0.1) is 11.8 Å². The van der Waals surface area contributed by atoms with Gasteiger partial charge in [-0.25, -0.2) is 0 Å². The lowest BCUT2D eigenvalue weighted by molar-refractivity contribution is -0.146. The third kappa shape index (κ3) is 9.36. The van der Waals surface area contributed by atoms with Crippen LogP contribution in [0.25, 0.3) is 0 Å². The van der Waals surface area contributed by atoms with E-state index in [1.165, 1.54) is 0 Å². The van der Waals surface area contributed by atoms with Crippen molar-refractivity contribution < 1.29 is 19.1 Å². The Labute approximate surface area is 157 Å². The Morgan fingerprint density at radius 1 is 1.08 bits per heavy atom. The fourth-order valence-corrected chi connectivity index (χ4v) is 2.34. The van der Waals surface area contributed by atoms with Gasteiger partial charge < -0.3 is 15.4 Å². The Morgan fingerprint density at radius 3 is 2.32 bits per heavy atom. The standard InChI is InChI=1S/C17H23ClN2O4S/c1-11(2)12(3)19-15(21)8-24-17(23)10-25-9-16(22)20-14-6-4-13(18)5-7-14/h4-7,11-12H,8-10H2,1-3H3,(H,19,21)(H,20,22)/t12-/m1/s1. The van der Waals surface area contributed by atoms with E-state index in [-0.39, 0.29) is 36.0 Å². The first-order valence-electron chi connectivity index (χ1n) is 7.86. The largest absolute Gasteiger partial charge is 0.455 e. The van der Waals surface area contributed by atoms with Crippen molar-refractivity contribution in [2.45, 2.75) is 26.8 Å². The molecule has 0 aliphatic carbocycles. The molecule has 0 saturated heterocycles. The van der Waals surface area contributed by atoms with E-state index in [0.717, 1.165) is 11.8 Å². The summed E-state index contributed by atoms with van der Waals surface area (Å²) >= 11 is 6.88. The van der Waals surface area contributed by atoms with Gasteiger partial charge in [0.2, 0.25) is 5.91 Å². The molecular formula is C17H23ClN2O4S. The summed E-state index contributed by atoms with van der Waals surface area (Å²) in [4.78, 5) is 34.9. The number of amides is 2. The molecule has 0 aliphatic rings. The third-order valence-electron chi connectivity index (χ3n) is 3.33. The van der Waals surface area contributed by atoms with Crippen LogP contribution in [0.3, 0.4) is 0 Å². The molecule has 0 aromatic heterocycles. The van der Waals surface area contributed by atoms with Gasteiger partial charge in [0.05, 0.1) is 11.5 Å². The summed E-state index contributed by atoms with van der Waals surface area (Å²) in [5.74, 6) is -0.690. The van der Waals surface area contributed by atoms with Gasteiger partial charge in [-0.3, -0.25) is 14.4 Å². The Bertz CT molecular complexity index is 593. The van der Waals surface area contributed by atoms with E-state index in [1.807, 2.05) is 20.8 Å². The van der Waals surface area contributed by atoms with E-state index in [4.69, 9.17) is 16.3 Å². The van der Waals surface area contributed by atoms with Gasteiger partial charge in [0, 0.05) is 16.8 Å². The number of rotatable bonds is 9. The molecule has 0 unspecified atom stereocenters. The molecule has 25 heavy (non-hydrogen) atoms. The van der Waals surface area contributed by atoms with Crippen molar-refractivity contribution in [3.05, 3.63) is 29.3 Å². The van der Waals surface area contributed by atoms with Crippen molar-refractivity contribution in [3.8, 4) is 0 Å². The van der Waals surface area contributed by atoms with Crippen LogP contribution in [0.2, 0.25) is 5.02 Å². The van der Waals surface area contributed by atoms with Crippen molar-refractivity contribution in [1.29, 1.82) is 0 Å². The van der Waals surface area contributed by atoms with E-state index < -0.39 is 5.97 Å². The van der Waals surface area contributed by atoms with Crippen molar-refractivity contribution in [2.75, 3.05) is 23.4 Å². The second-order valence-corrected chi connectivity index (χ2v) is 7.23. The molecule has 138 valence electrons. The molecule has 1 aromatic rings. The highest BCUT2D eigenvalue weighted by Gasteiger charge is 2.13. The predicted molar refractivity (Wildman–Crippen MR) is 101 cm³/mol. The van der Waals surface area contributed by atoms with Crippen LogP contribution in [0.5, 0.6) is 0 Å². The van der Waals surface area contributed by atoms with Crippen LogP contribution in [0.4, 0.5) is 5.69 Å². The SMILES string of the molecule is CC(C)[C@@H](C)NC(=O)COC(=O)CSCC(=O)Nc1ccc(Cl)cc1. The highest BCUT2D eigenvalue weighted by molar-refractivity contribution is 8.00. The molecule has 2 amide bonds. The number of carbonyl (C=O) groups excluding carboxylic acids is 3. The fourth-order valence-electron chi connectivity index (χ4n) is 1.61. The Hall–Kier alpha value is -1.73.